The summed E-state index contributed by atoms with van der Waals surface area (Å²) in [4.78, 5) is 32.5. The van der Waals surface area contributed by atoms with Crippen molar-refractivity contribution in [2.75, 3.05) is 0 Å². The third-order valence-electron chi connectivity index (χ3n) is 2.46. The van der Waals surface area contributed by atoms with Crippen molar-refractivity contribution in [3.8, 4) is 0 Å². The second kappa shape index (κ2) is 5.34. The van der Waals surface area contributed by atoms with Gasteiger partial charge in [0.05, 0.1) is 0 Å². The van der Waals surface area contributed by atoms with Gasteiger partial charge in [0.2, 0.25) is 0 Å². The van der Waals surface area contributed by atoms with Gasteiger partial charge in [-0.15, -0.1) is 0 Å². The average Bonchev–Trinajstić information content (AvgIpc) is 2.53. The van der Waals surface area contributed by atoms with Crippen LogP contribution in [-0.2, 0) is 11.3 Å². The molecule has 1 unspecified atom stereocenters. The number of aliphatic carboxylic acids is 1. The van der Waals surface area contributed by atoms with E-state index in [1.54, 1.807) is 0 Å². The highest BCUT2D eigenvalue weighted by molar-refractivity contribution is 5.66. The van der Waals surface area contributed by atoms with Gasteiger partial charge in [0.25, 0.3) is 0 Å². The first-order valence-corrected chi connectivity index (χ1v) is 5.10. The summed E-state index contributed by atoms with van der Waals surface area (Å²) in [6.45, 7) is 2.20. The summed E-state index contributed by atoms with van der Waals surface area (Å²) in [6.07, 6.45) is 1.26. The molecule has 7 heteroatoms. The molecule has 1 atom stereocenters. The van der Waals surface area contributed by atoms with Crippen LogP contribution in [0.25, 0.3) is 0 Å². The van der Waals surface area contributed by atoms with Gasteiger partial charge in [0, 0.05) is 13.0 Å². The van der Waals surface area contributed by atoms with Crippen molar-refractivity contribution < 1.29 is 9.90 Å². The highest BCUT2D eigenvalue weighted by atomic mass is 16.4. The van der Waals surface area contributed by atoms with Crippen molar-refractivity contribution in [1.29, 1.82) is 0 Å². The Morgan fingerprint density at radius 2 is 1.88 bits per heavy atom. The molecule has 0 aliphatic heterocycles. The zero-order chi connectivity index (χ0) is 12.1. The van der Waals surface area contributed by atoms with E-state index in [9.17, 15) is 14.4 Å². The quantitative estimate of drug-likeness (QED) is 0.625. The Morgan fingerprint density at radius 3 is 2.38 bits per heavy atom. The van der Waals surface area contributed by atoms with Gasteiger partial charge in [-0.05, 0) is 18.8 Å². The predicted molar refractivity (Wildman–Crippen MR) is 56.3 cm³/mol. The van der Waals surface area contributed by atoms with Crippen molar-refractivity contribution in [3.63, 3.8) is 0 Å². The number of carboxylic acid groups (broad SMARTS) is 1. The molecular formula is C9H15N3O4. The molecule has 0 aliphatic rings. The topological polar surface area (TPSA) is 108 Å². The molecule has 0 fully saturated rings. The van der Waals surface area contributed by atoms with Gasteiger partial charge in [-0.2, -0.15) is 0 Å². The van der Waals surface area contributed by atoms with Gasteiger partial charge < -0.3 is 5.11 Å². The van der Waals surface area contributed by atoms with E-state index in [-0.39, 0.29) is 12.3 Å². The summed E-state index contributed by atoms with van der Waals surface area (Å²) in [5.41, 5.74) is -0.925. The molecule has 0 bridgehead atoms. The molecule has 90 valence electrons. The van der Waals surface area contributed by atoms with E-state index in [0.29, 0.717) is 19.4 Å². The monoisotopic (exact) mass is 229 g/mol. The minimum absolute atomic E-state index is 0.111. The molecule has 0 radical (unpaired) electrons. The molecule has 7 nitrogen and oxygen atoms in total. The number of carboxylic acids is 1. The van der Waals surface area contributed by atoms with E-state index in [0.717, 1.165) is 4.57 Å². The van der Waals surface area contributed by atoms with E-state index in [1.165, 1.54) is 0 Å². The van der Waals surface area contributed by atoms with Gasteiger partial charge in [-0.25, -0.2) is 24.4 Å². The van der Waals surface area contributed by atoms with Gasteiger partial charge in [0.1, 0.15) is 0 Å². The zero-order valence-corrected chi connectivity index (χ0v) is 9.02. The molecule has 0 amide bonds. The van der Waals surface area contributed by atoms with Crippen LogP contribution in [0.4, 0.5) is 0 Å². The number of rotatable bonds is 6. The highest BCUT2D eigenvalue weighted by Crippen LogP contribution is 2.10. The maximum atomic E-state index is 11.1. The van der Waals surface area contributed by atoms with Crippen LogP contribution in [0.15, 0.2) is 9.59 Å². The Balaban J connectivity index is 2.43. The second-order valence-corrected chi connectivity index (χ2v) is 3.84. The summed E-state index contributed by atoms with van der Waals surface area (Å²) >= 11 is 0. The molecule has 0 saturated heterocycles. The van der Waals surface area contributed by atoms with Crippen LogP contribution in [0.1, 0.15) is 26.2 Å². The standard InChI is InChI=1S/C9H15N3O4/c1-6(2-3-7(13)14)4-5-12-8(15)10-11-9(12)16/h6H,2-5H2,1H3,(H,10,15)(H,11,16)(H,13,14). The minimum atomic E-state index is -0.830. The second-order valence-electron chi connectivity index (χ2n) is 3.84. The van der Waals surface area contributed by atoms with Gasteiger partial charge in [-0.3, -0.25) is 4.79 Å². The Kier molecular flexibility index (Phi) is 4.10. The molecule has 1 aromatic heterocycles. The Morgan fingerprint density at radius 1 is 1.31 bits per heavy atom. The van der Waals surface area contributed by atoms with Crippen LogP contribution in [0, 0.1) is 5.92 Å². The fraction of sp³-hybridized carbons (Fsp3) is 0.667. The Labute approximate surface area is 91.1 Å². The van der Waals surface area contributed by atoms with E-state index < -0.39 is 17.3 Å². The third-order valence-corrected chi connectivity index (χ3v) is 2.46. The minimum Gasteiger partial charge on any atom is -0.481 e. The average molecular weight is 229 g/mol. The van der Waals surface area contributed by atoms with Gasteiger partial charge in [0.15, 0.2) is 0 Å². The molecule has 0 aliphatic carbocycles. The van der Waals surface area contributed by atoms with Crippen molar-refractivity contribution in [2.45, 2.75) is 32.7 Å². The summed E-state index contributed by atoms with van der Waals surface area (Å²) in [5.74, 6) is -0.666. The normalized spacial score (nSPS) is 12.6. The Hall–Kier alpha value is -1.79. The lowest BCUT2D eigenvalue weighted by molar-refractivity contribution is -0.137. The number of hydrogen-bond acceptors (Lipinski definition) is 3. The molecular weight excluding hydrogens is 214 g/mol. The number of hydrogen-bond donors (Lipinski definition) is 3. The van der Waals surface area contributed by atoms with E-state index in [1.807, 2.05) is 6.92 Å². The van der Waals surface area contributed by atoms with E-state index >= 15 is 0 Å². The summed E-state index contributed by atoms with van der Waals surface area (Å²) in [7, 11) is 0. The van der Waals surface area contributed by atoms with Crippen molar-refractivity contribution in [3.05, 3.63) is 21.0 Å². The van der Waals surface area contributed by atoms with Gasteiger partial charge >= 0.3 is 17.3 Å². The highest BCUT2D eigenvalue weighted by Gasteiger charge is 2.08. The number of aromatic amines is 2. The number of carbonyl (C=O) groups is 1. The van der Waals surface area contributed by atoms with E-state index in [4.69, 9.17) is 5.11 Å². The lowest BCUT2D eigenvalue weighted by Gasteiger charge is -2.08. The smallest absolute Gasteiger partial charge is 0.344 e. The molecule has 0 saturated carbocycles. The summed E-state index contributed by atoms with van der Waals surface area (Å²) < 4.78 is 1.07. The first kappa shape index (κ1) is 12.3. The predicted octanol–water partition coefficient (Wildman–Crippen LogP) is -0.244. The maximum Gasteiger partial charge on any atom is 0.344 e. The van der Waals surface area contributed by atoms with Crippen LogP contribution >= 0.6 is 0 Å². The van der Waals surface area contributed by atoms with Crippen molar-refractivity contribution in [1.82, 2.24) is 14.8 Å². The van der Waals surface area contributed by atoms with Crippen LogP contribution in [0.2, 0.25) is 0 Å². The molecule has 0 spiro atoms. The van der Waals surface area contributed by atoms with Gasteiger partial charge in [-0.1, -0.05) is 6.92 Å². The summed E-state index contributed by atoms with van der Waals surface area (Å²) in [6, 6.07) is 0. The van der Waals surface area contributed by atoms with E-state index in [2.05, 4.69) is 10.2 Å². The zero-order valence-electron chi connectivity index (χ0n) is 9.02. The third kappa shape index (κ3) is 3.41. The van der Waals surface area contributed by atoms with Crippen LogP contribution in [-0.4, -0.2) is 25.8 Å². The van der Waals surface area contributed by atoms with Crippen molar-refractivity contribution >= 4 is 5.97 Å². The lowest BCUT2D eigenvalue weighted by Crippen LogP contribution is -2.27. The van der Waals surface area contributed by atoms with Crippen LogP contribution in [0.3, 0.4) is 0 Å². The molecule has 0 aromatic carbocycles. The number of nitrogens with one attached hydrogen (secondary N) is 2. The SMILES string of the molecule is CC(CCC(=O)O)CCn1c(=O)[nH][nH]c1=O. The maximum absolute atomic E-state index is 11.1. The lowest BCUT2D eigenvalue weighted by atomic mass is 10.0. The fourth-order valence-electron chi connectivity index (χ4n) is 1.40. The molecule has 3 N–H and O–H groups in total. The fourth-order valence-corrected chi connectivity index (χ4v) is 1.40. The molecule has 1 rings (SSSR count). The number of nitrogens with zero attached hydrogens (tertiary/aromatic N) is 1. The first-order chi connectivity index (χ1) is 7.50. The van der Waals surface area contributed by atoms with Crippen molar-refractivity contribution in [2.24, 2.45) is 5.92 Å². The molecule has 16 heavy (non-hydrogen) atoms. The molecule has 1 heterocycles. The van der Waals surface area contributed by atoms with Crippen LogP contribution in [0.5, 0.6) is 0 Å². The number of aromatic nitrogens is 3. The first-order valence-electron chi connectivity index (χ1n) is 5.10. The Bertz CT molecular complexity index is 428. The summed E-state index contributed by atoms with van der Waals surface area (Å²) in [5, 5.41) is 12.9. The molecule has 1 aromatic rings. The number of H-pyrrole nitrogens is 2. The van der Waals surface area contributed by atoms with Crippen LogP contribution < -0.4 is 11.4 Å². The largest absolute Gasteiger partial charge is 0.481 e.